The van der Waals surface area contributed by atoms with E-state index in [0.29, 0.717) is 6.42 Å². The van der Waals surface area contributed by atoms with Gasteiger partial charge in [-0.2, -0.15) is 0 Å². The van der Waals surface area contributed by atoms with E-state index in [1.165, 1.54) is 5.56 Å². The minimum Gasteiger partial charge on any atom is -0.508 e. The molecular formula is C27H22O3. The van der Waals surface area contributed by atoms with Crippen molar-refractivity contribution in [3.63, 3.8) is 0 Å². The first kappa shape index (κ1) is 18.3. The standard InChI is InChI=1S/C27H22O3/c28-20-12-10-19(11-13-20)27(24-8-4-5-9-26(24)30)17-23(18-6-2-1-3-7-18)22-15-14-21(29)16-25(22)27/h1-16,23,28-30H,17H2/t23?,27-/m0/s1. The maximum atomic E-state index is 10.9. The monoisotopic (exact) mass is 394 g/mol. The molecule has 1 aliphatic carbocycles. The molecule has 0 heterocycles. The van der Waals surface area contributed by atoms with E-state index in [2.05, 4.69) is 12.1 Å². The summed E-state index contributed by atoms with van der Waals surface area (Å²) in [6.07, 6.45) is 0.706. The Bertz CT molecular complexity index is 1200. The molecule has 0 saturated heterocycles. The number of hydrogen-bond donors (Lipinski definition) is 3. The van der Waals surface area contributed by atoms with E-state index in [-0.39, 0.29) is 23.2 Å². The summed E-state index contributed by atoms with van der Waals surface area (Å²) in [4.78, 5) is 0. The van der Waals surface area contributed by atoms with Crippen LogP contribution in [0.3, 0.4) is 0 Å². The molecule has 0 saturated carbocycles. The lowest BCUT2D eigenvalue weighted by atomic mass is 9.69. The highest BCUT2D eigenvalue weighted by Gasteiger charge is 2.48. The average molecular weight is 394 g/mol. The van der Waals surface area contributed by atoms with Gasteiger partial charge in [0.2, 0.25) is 0 Å². The van der Waals surface area contributed by atoms with E-state index in [9.17, 15) is 15.3 Å². The Balaban J connectivity index is 1.84. The zero-order valence-corrected chi connectivity index (χ0v) is 16.4. The van der Waals surface area contributed by atoms with Crippen molar-refractivity contribution in [2.24, 2.45) is 0 Å². The Labute approximate surface area is 175 Å². The molecule has 1 unspecified atom stereocenters. The minimum atomic E-state index is -0.659. The van der Waals surface area contributed by atoms with Gasteiger partial charge in [-0.15, -0.1) is 0 Å². The van der Waals surface area contributed by atoms with Crippen LogP contribution in [0.5, 0.6) is 17.2 Å². The second kappa shape index (κ2) is 6.96. The molecule has 5 rings (SSSR count). The van der Waals surface area contributed by atoms with Gasteiger partial charge in [0.1, 0.15) is 17.2 Å². The van der Waals surface area contributed by atoms with Crippen LogP contribution in [0.15, 0.2) is 97.1 Å². The van der Waals surface area contributed by atoms with Crippen molar-refractivity contribution in [3.8, 4) is 17.2 Å². The SMILES string of the molecule is Oc1ccc([C@]2(c3ccccc3O)CC(c3ccccc3)c3ccc(O)cc32)cc1. The molecule has 148 valence electrons. The first-order valence-electron chi connectivity index (χ1n) is 10.1. The third kappa shape index (κ3) is 2.74. The lowest BCUT2D eigenvalue weighted by Gasteiger charge is -2.33. The highest BCUT2D eigenvalue weighted by molar-refractivity contribution is 5.64. The first-order valence-corrected chi connectivity index (χ1v) is 10.1. The van der Waals surface area contributed by atoms with E-state index in [1.54, 1.807) is 24.3 Å². The number of hydrogen-bond acceptors (Lipinski definition) is 3. The topological polar surface area (TPSA) is 60.7 Å². The molecule has 3 N–H and O–H groups in total. The van der Waals surface area contributed by atoms with Crippen LogP contribution in [0.25, 0.3) is 0 Å². The van der Waals surface area contributed by atoms with Crippen LogP contribution in [0.4, 0.5) is 0 Å². The Kier molecular flexibility index (Phi) is 4.25. The van der Waals surface area contributed by atoms with Gasteiger partial charge in [-0.05, 0) is 59.0 Å². The van der Waals surface area contributed by atoms with Crippen LogP contribution in [-0.2, 0) is 5.41 Å². The molecule has 4 aromatic rings. The number of fused-ring (bicyclic) bond motifs is 1. The highest BCUT2D eigenvalue weighted by atomic mass is 16.3. The maximum Gasteiger partial charge on any atom is 0.120 e. The number of aromatic hydroxyl groups is 3. The van der Waals surface area contributed by atoms with Crippen LogP contribution >= 0.6 is 0 Å². The summed E-state index contributed by atoms with van der Waals surface area (Å²) in [6.45, 7) is 0. The zero-order valence-electron chi connectivity index (χ0n) is 16.4. The van der Waals surface area contributed by atoms with Crippen molar-refractivity contribution >= 4 is 0 Å². The summed E-state index contributed by atoms with van der Waals surface area (Å²) in [7, 11) is 0. The van der Waals surface area contributed by atoms with E-state index in [1.807, 2.05) is 60.7 Å². The fraction of sp³-hybridized carbons (Fsp3) is 0.111. The van der Waals surface area contributed by atoms with Crippen LogP contribution in [0, 0.1) is 0 Å². The summed E-state index contributed by atoms with van der Waals surface area (Å²) in [5.74, 6) is 0.713. The van der Waals surface area contributed by atoms with Gasteiger partial charge in [-0.25, -0.2) is 0 Å². The van der Waals surface area contributed by atoms with Crippen molar-refractivity contribution in [2.45, 2.75) is 17.8 Å². The lowest BCUT2D eigenvalue weighted by molar-refractivity contribution is 0.446. The molecule has 0 aliphatic heterocycles. The van der Waals surface area contributed by atoms with Crippen molar-refractivity contribution in [1.82, 2.24) is 0 Å². The molecule has 0 spiro atoms. The summed E-state index contributed by atoms with van der Waals surface area (Å²) >= 11 is 0. The van der Waals surface area contributed by atoms with E-state index in [0.717, 1.165) is 22.3 Å². The molecule has 3 nitrogen and oxygen atoms in total. The molecule has 4 aromatic carbocycles. The van der Waals surface area contributed by atoms with Gasteiger partial charge in [-0.3, -0.25) is 0 Å². The summed E-state index contributed by atoms with van der Waals surface area (Å²) in [6, 6.07) is 30.4. The maximum absolute atomic E-state index is 10.9. The molecular weight excluding hydrogens is 372 g/mol. The molecule has 0 fully saturated rings. The molecule has 0 radical (unpaired) electrons. The van der Waals surface area contributed by atoms with Gasteiger partial charge in [0, 0.05) is 11.5 Å². The van der Waals surface area contributed by atoms with E-state index < -0.39 is 5.41 Å². The van der Waals surface area contributed by atoms with Crippen LogP contribution < -0.4 is 0 Å². The third-order valence-electron chi connectivity index (χ3n) is 6.31. The van der Waals surface area contributed by atoms with Gasteiger partial charge in [0.05, 0.1) is 5.41 Å². The Morgan fingerprint density at radius 1 is 0.633 bits per heavy atom. The molecule has 30 heavy (non-hydrogen) atoms. The Morgan fingerprint density at radius 3 is 2.03 bits per heavy atom. The van der Waals surface area contributed by atoms with Crippen molar-refractivity contribution in [3.05, 3.63) is 125 Å². The van der Waals surface area contributed by atoms with E-state index >= 15 is 0 Å². The first-order chi connectivity index (χ1) is 14.6. The van der Waals surface area contributed by atoms with Gasteiger partial charge < -0.3 is 15.3 Å². The van der Waals surface area contributed by atoms with Gasteiger partial charge >= 0.3 is 0 Å². The lowest BCUT2D eigenvalue weighted by Crippen LogP contribution is -2.27. The quantitative estimate of drug-likeness (QED) is 0.419. The molecule has 3 heteroatoms. The summed E-state index contributed by atoms with van der Waals surface area (Å²) in [5, 5.41) is 31.2. The number of phenols is 3. The van der Waals surface area contributed by atoms with E-state index in [4.69, 9.17) is 0 Å². The second-order valence-corrected chi connectivity index (χ2v) is 7.91. The summed E-state index contributed by atoms with van der Waals surface area (Å²) in [5.41, 5.74) is 4.40. The van der Waals surface area contributed by atoms with Gasteiger partial charge in [-0.1, -0.05) is 66.7 Å². The second-order valence-electron chi connectivity index (χ2n) is 7.91. The van der Waals surface area contributed by atoms with Crippen LogP contribution in [-0.4, -0.2) is 15.3 Å². The van der Waals surface area contributed by atoms with Crippen molar-refractivity contribution < 1.29 is 15.3 Å². The fourth-order valence-electron chi connectivity index (χ4n) is 4.99. The van der Waals surface area contributed by atoms with Crippen LogP contribution in [0.2, 0.25) is 0 Å². The fourth-order valence-corrected chi connectivity index (χ4v) is 4.99. The molecule has 0 amide bonds. The normalized spacial score (nSPS) is 20.1. The third-order valence-corrected chi connectivity index (χ3v) is 6.31. The predicted octanol–water partition coefficient (Wildman–Crippen LogP) is 5.67. The number of phenolic OH excluding ortho intramolecular Hbond substituents is 3. The van der Waals surface area contributed by atoms with Crippen molar-refractivity contribution in [1.29, 1.82) is 0 Å². The smallest absolute Gasteiger partial charge is 0.120 e. The van der Waals surface area contributed by atoms with Crippen LogP contribution in [0.1, 0.15) is 40.2 Å². The largest absolute Gasteiger partial charge is 0.508 e. The minimum absolute atomic E-state index is 0.107. The Hall–Kier alpha value is -3.72. The Morgan fingerprint density at radius 2 is 1.30 bits per heavy atom. The molecule has 2 atom stereocenters. The zero-order chi connectivity index (χ0) is 20.7. The summed E-state index contributed by atoms with van der Waals surface area (Å²) < 4.78 is 0. The number of para-hydroxylation sites is 1. The molecule has 1 aliphatic rings. The van der Waals surface area contributed by atoms with Gasteiger partial charge in [0.25, 0.3) is 0 Å². The predicted molar refractivity (Wildman–Crippen MR) is 117 cm³/mol. The number of rotatable bonds is 3. The highest BCUT2D eigenvalue weighted by Crippen LogP contribution is 2.57. The van der Waals surface area contributed by atoms with Gasteiger partial charge in [0.15, 0.2) is 0 Å². The van der Waals surface area contributed by atoms with Crippen molar-refractivity contribution in [2.75, 3.05) is 0 Å². The number of benzene rings is 4. The molecule has 0 bridgehead atoms. The average Bonchev–Trinajstić information content (AvgIpc) is 3.10. The molecule has 0 aromatic heterocycles.